The molecule has 1 atom stereocenters. The fourth-order valence-corrected chi connectivity index (χ4v) is 3.35. The van der Waals surface area contributed by atoms with Crippen molar-refractivity contribution in [3.8, 4) is 0 Å². The van der Waals surface area contributed by atoms with Gasteiger partial charge in [-0.1, -0.05) is 17.2 Å². The zero-order valence-corrected chi connectivity index (χ0v) is 15.1. The molecule has 136 valence electrons. The van der Waals surface area contributed by atoms with Gasteiger partial charge in [0.2, 0.25) is 11.7 Å². The number of rotatable bonds is 5. The average Bonchev–Trinajstić information content (AvgIpc) is 3.13. The zero-order valence-electron chi connectivity index (χ0n) is 15.1. The molecule has 8 nitrogen and oxygen atoms in total. The molecule has 0 unspecified atom stereocenters. The predicted molar refractivity (Wildman–Crippen MR) is 89.9 cm³/mol. The van der Waals surface area contributed by atoms with Crippen LogP contribution in [-0.4, -0.2) is 56.7 Å². The molecule has 1 aliphatic rings. The summed E-state index contributed by atoms with van der Waals surface area (Å²) in [4.78, 5) is 21.1. The Morgan fingerprint density at radius 2 is 2.12 bits per heavy atom. The number of aromatic nitrogens is 3. The monoisotopic (exact) mass is 347 g/mol. The molecule has 1 saturated heterocycles. The minimum atomic E-state index is -0.0712. The molecule has 25 heavy (non-hydrogen) atoms. The number of hydrogen-bond donors (Lipinski definition) is 0. The van der Waals surface area contributed by atoms with E-state index in [9.17, 15) is 4.79 Å². The Hall–Kier alpha value is -2.22. The van der Waals surface area contributed by atoms with Crippen molar-refractivity contribution in [3.63, 3.8) is 0 Å². The van der Waals surface area contributed by atoms with E-state index in [0.29, 0.717) is 36.6 Å². The Kier molecular flexibility index (Phi) is 5.47. The lowest BCUT2D eigenvalue weighted by atomic mass is 10.1. The quantitative estimate of drug-likeness (QED) is 0.819. The van der Waals surface area contributed by atoms with E-state index in [0.717, 1.165) is 38.0 Å². The maximum absolute atomic E-state index is 12.6. The van der Waals surface area contributed by atoms with E-state index in [1.54, 1.807) is 13.0 Å². The lowest BCUT2D eigenvalue weighted by molar-refractivity contribution is 0.0714. The van der Waals surface area contributed by atoms with E-state index < -0.39 is 0 Å². The third-order valence-electron chi connectivity index (χ3n) is 4.66. The molecular formula is C17H25N5O3. The smallest absolute Gasteiger partial charge is 0.292 e. The Morgan fingerprint density at radius 3 is 2.76 bits per heavy atom. The summed E-state index contributed by atoms with van der Waals surface area (Å²) in [6.07, 6.45) is 2.93. The van der Waals surface area contributed by atoms with Gasteiger partial charge in [-0.2, -0.15) is 4.98 Å². The summed E-state index contributed by atoms with van der Waals surface area (Å²) in [6, 6.07) is 2.10. The third-order valence-corrected chi connectivity index (χ3v) is 4.66. The second kappa shape index (κ2) is 7.77. The molecule has 2 aromatic heterocycles. The number of amides is 1. The maximum atomic E-state index is 12.6. The van der Waals surface area contributed by atoms with Crippen molar-refractivity contribution < 1.29 is 13.8 Å². The molecule has 3 rings (SSSR count). The number of carbonyl (C=O) groups excluding carboxylic acids is 1. The second-order valence-corrected chi connectivity index (χ2v) is 6.50. The van der Waals surface area contributed by atoms with Crippen LogP contribution in [0.1, 0.15) is 54.2 Å². The van der Waals surface area contributed by atoms with Crippen LogP contribution in [0.15, 0.2) is 15.1 Å². The first-order valence-corrected chi connectivity index (χ1v) is 8.82. The number of nitrogens with zero attached hydrogens (tertiary/aromatic N) is 5. The molecule has 0 aromatic carbocycles. The molecule has 3 heterocycles. The van der Waals surface area contributed by atoms with Crippen molar-refractivity contribution in [1.82, 2.24) is 25.1 Å². The van der Waals surface area contributed by atoms with Crippen LogP contribution >= 0.6 is 0 Å². The van der Waals surface area contributed by atoms with Crippen LogP contribution in [0.5, 0.6) is 0 Å². The van der Waals surface area contributed by atoms with Gasteiger partial charge in [-0.05, 0) is 32.7 Å². The van der Waals surface area contributed by atoms with Gasteiger partial charge in [0.15, 0.2) is 5.82 Å². The molecule has 2 aromatic rings. The summed E-state index contributed by atoms with van der Waals surface area (Å²) in [5.41, 5.74) is 0.726. The van der Waals surface area contributed by atoms with Crippen LogP contribution in [0.2, 0.25) is 0 Å². The summed E-state index contributed by atoms with van der Waals surface area (Å²) in [5.74, 6) is 1.56. The average molecular weight is 347 g/mol. The summed E-state index contributed by atoms with van der Waals surface area (Å²) < 4.78 is 10.2. The van der Waals surface area contributed by atoms with Crippen LogP contribution in [0.3, 0.4) is 0 Å². The van der Waals surface area contributed by atoms with Crippen molar-refractivity contribution in [2.75, 3.05) is 19.6 Å². The highest BCUT2D eigenvalue weighted by Gasteiger charge is 2.27. The van der Waals surface area contributed by atoms with E-state index in [-0.39, 0.29) is 5.91 Å². The van der Waals surface area contributed by atoms with Crippen molar-refractivity contribution in [3.05, 3.63) is 29.2 Å². The molecule has 0 N–H and O–H groups in total. The van der Waals surface area contributed by atoms with Crippen molar-refractivity contribution >= 4 is 5.91 Å². The number of hydrogen-bond acceptors (Lipinski definition) is 7. The van der Waals surface area contributed by atoms with Crippen LogP contribution < -0.4 is 0 Å². The van der Waals surface area contributed by atoms with E-state index in [4.69, 9.17) is 9.05 Å². The van der Waals surface area contributed by atoms with Gasteiger partial charge in [0.05, 0.1) is 12.2 Å². The summed E-state index contributed by atoms with van der Waals surface area (Å²) in [5, 5.41) is 7.80. The van der Waals surface area contributed by atoms with Crippen molar-refractivity contribution in [2.24, 2.45) is 0 Å². The molecule has 0 aliphatic carbocycles. The molecule has 0 radical (unpaired) electrons. The highest BCUT2D eigenvalue weighted by Crippen LogP contribution is 2.20. The van der Waals surface area contributed by atoms with E-state index in [2.05, 4.69) is 27.1 Å². The highest BCUT2D eigenvalue weighted by molar-refractivity contribution is 5.91. The van der Waals surface area contributed by atoms with Crippen LogP contribution in [-0.2, 0) is 6.54 Å². The predicted octanol–water partition coefficient (Wildman–Crippen LogP) is 2.19. The molecule has 0 spiro atoms. The summed E-state index contributed by atoms with van der Waals surface area (Å²) in [6.45, 7) is 8.79. The maximum Gasteiger partial charge on any atom is 0.292 e. The third kappa shape index (κ3) is 4.25. The molecule has 0 bridgehead atoms. The molecule has 8 heteroatoms. The summed E-state index contributed by atoms with van der Waals surface area (Å²) >= 11 is 0. The van der Waals surface area contributed by atoms with E-state index in [1.165, 1.54) is 0 Å². The normalized spacial score (nSPS) is 18.6. The van der Waals surface area contributed by atoms with Crippen molar-refractivity contribution in [2.45, 2.75) is 52.6 Å². The number of likely N-dealkylation sites (tertiary alicyclic amines) is 1. The minimum Gasteiger partial charge on any atom is -0.351 e. The molecule has 1 aliphatic heterocycles. The Bertz CT molecular complexity index is 711. The lowest BCUT2D eigenvalue weighted by Gasteiger charge is -2.28. The van der Waals surface area contributed by atoms with E-state index in [1.807, 2.05) is 11.8 Å². The number of carbonyl (C=O) groups is 1. The first-order valence-electron chi connectivity index (χ1n) is 8.82. The van der Waals surface area contributed by atoms with Gasteiger partial charge in [0, 0.05) is 32.1 Å². The molecule has 0 saturated carbocycles. The topological polar surface area (TPSA) is 88.5 Å². The lowest BCUT2D eigenvalue weighted by Crippen LogP contribution is -2.37. The first-order chi connectivity index (χ1) is 12.1. The molecule has 1 amide bonds. The molecule has 1 fully saturated rings. The van der Waals surface area contributed by atoms with Crippen LogP contribution in [0, 0.1) is 13.8 Å². The Balaban J connectivity index is 1.60. The Labute approximate surface area is 147 Å². The molecular weight excluding hydrogens is 322 g/mol. The SMILES string of the molecule is CCN(Cc1noc(C)n1)[C@H]1CCCN(C(=O)c2cc(C)no2)CC1. The highest BCUT2D eigenvalue weighted by atomic mass is 16.5. The van der Waals surface area contributed by atoms with Gasteiger partial charge in [-0.25, -0.2) is 0 Å². The minimum absolute atomic E-state index is 0.0712. The van der Waals surface area contributed by atoms with Crippen LogP contribution in [0.4, 0.5) is 0 Å². The fraction of sp³-hybridized carbons (Fsp3) is 0.647. The van der Waals surface area contributed by atoms with Crippen molar-refractivity contribution in [1.29, 1.82) is 0 Å². The van der Waals surface area contributed by atoms with E-state index >= 15 is 0 Å². The fourth-order valence-electron chi connectivity index (χ4n) is 3.35. The second-order valence-electron chi connectivity index (χ2n) is 6.50. The van der Waals surface area contributed by atoms with Crippen LogP contribution in [0.25, 0.3) is 0 Å². The van der Waals surface area contributed by atoms with Gasteiger partial charge in [0.25, 0.3) is 5.91 Å². The zero-order chi connectivity index (χ0) is 17.8. The first kappa shape index (κ1) is 17.6. The number of aryl methyl sites for hydroxylation is 2. The summed E-state index contributed by atoms with van der Waals surface area (Å²) in [7, 11) is 0. The van der Waals surface area contributed by atoms with Gasteiger partial charge in [-0.3, -0.25) is 9.69 Å². The van der Waals surface area contributed by atoms with Gasteiger partial charge in [-0.15, -0.1) is 0 Å². The Morgan fingerprint density at radius 1 is 1.28 bits per heavy atom. The van der Waals surface area contributed by atoms with Gasteiger partial charge < -0.3 is 13.9 Å². The van der Waals surface area contributed by atoms with Gasteiger partial charge >= 0.3 is 0 Å². The largest absolute Gasteiger partial charge is 0.351 e. The standard InChI is InChI=1S/C17H25N5O3/c1-4-21(11-16-18-13(3)24-20-16)14-6-5-8-22(9-7-14)17(23)15-10-12(2)19-25-15/h10,14H,4-9,11H2,1-3H3/t14-/m0/s1. The van der Waals surface area contributed by atoms with Gasteiger partial charge in [0.1, 0.15) is 0 Å².